The molecular weight excluding hydrogens is 540 g/mol. The molecule has 2 amide bonds. The average Bonchev–Trinajstić information content (AvgIpc) is 3.73. The molecule has 43 heavy (non-hydrogen) atoms. The summed E-state index contributed by atoms with van der Waals surface area (Å²) in [5, 5.41) is 20.7. The molecule has 0 bridgehead atoms. The topological polar surface area (TPSA) is 102 Å². The Morgan fingerprint density at radius 2 is 1.60 bits per heavy atom. The fraction of sp³-hybridized carbons (Fsp3) is 0.600. The maximum atomic E-state index is 13.9. The van der Waals surface area contributed by atoms with Crippen LogP contribution in [0.1, 0.15) is 111 Å². The van der Waals surface area contributed by atoms with Crippen molar-refractivity contribution < 1.29 is 19.5 Å². The second kappa shape index (κ2) is 12.7. The number of nitrogens with one attached hydrogen (secondary N) is 1. The number of rotatable bonds is 10. The van der Waals surface area contributed by atoms with Gasteiger partial charge in [0.1, 0.15) is 5.76 Å². The number of hydrogen-bond acceptors (Lipinski definition) is 6. The van der Waals surface area contributed by atoms with Crippen LogP contribution in [0.3, 0.4) is 0 Å². The van der Waals surface area contributed by atoms with Crippen LogP contribution in [0.15, 0.2) is 40.2 Å². The van der Waals surface area contributed by atoms with E-state index in [4.69, 9.17) is 5.10 Å². The maximum Gasteiger partial charge on any atom is 0.277 e. The van der Waals surface area contributed by atoms with Gasteiger partial charge in [-0.25, -0.2) is 5.01 Å². The van der Waals surface area contributed by atoms with Crippen LogP contribution in [0.25, 0.3) is 5.57 Å². The van der Waals surface area contributed by atoms with Gasteiger partial charge in [0.25, 0.3) is 5.91 Å². The molecule has 4 aliphatic rings. The van der Waals surface area contributed by atoms with Gasteiger partial charge in [0.15, 0.2) is 0 Å². The molecule has 8 heteroatoms. The summed E-state index contributed by atoms with van der Waals surface area (Å²) in [5.41, 5.74) is 2.36. The van der Waals surface area contributed by atoms with E-state index < -0.39 is 5.54 Å². The third-order valence-corrected chi connectivity index (χ3v) is 9.62. The van der Waals surface area contributed by atoms with Crippen molar-refractivity contribution in [2.45, 2.75) is 111 Å². The van der Waals surface area contributed by atoms with E-state index in [1.54, 1.807) is 6.07 Å². The maximum absolute atomic E-state index is 13.9. The van der Waals surface area contributed by atoms with Gasteiger partial charge in [0, 0.05) is 30.8 Å². The number of ketones is 1. The van der Waals surface area contributed by atoms with Crippen molar-refractivity contribution in [3.63, 3.8) is 0 Å². The molecule has 0 radical (unpaired) electrons. The predicted octanol–water partition coefficient (Wildman–Crippen LogP) is 7.17. The zero-order valence-corrected chi connectivity index (χ0v) is 26.6. The second-order valence-corrected chi connectivity index (χ2v) is 13.6. The number of Topliss-reactive ketones (excluding diaryl/α,β-unsaturated/α-hetero) is 1. The largest absolute Gasteiger partial charge is 0.506 e. The van der Waals surface area contributed by atoms with Crippen LogP contribution in [-0.2, 0) is 14.4 Å². The van der Waals surface area contributed by atoms with Crippen LogP contribution in [0.4, 0.5) is 11.4 Å². The molecule has 1 aromatic rings. The minimum Gasteiger partial charge on any atom is -0.506 e. The van der Waals surface area contributed by atoms with E-state index in [1.165, 1.54) is 30.7 Å². The molecule has 232 valence electrons. The summed E-state index contributed by atoms with van der Waals surface area (Å²) in [6.45, 7) is 11.5. The minimum atomic E-state index is -0.565. The Labute approximate surface area is 256 Å². The van der Waals surface area contributed by atoms with E-state index >= 15 is 0 Å². The SMILES string of the molecule is CCN(CC)c1ccc(C2=C(O)/C(=C3/C(=O)N(C(C)(C)C)N=C3CCC3CCCC3)C2=O)c(NC(=O)CC2CCCC2)c1. The van der Waals surface area contributed by atoms with Crippen molar-refractivity contribution >= 4 is 40.3 Å². The first-order chi connectivity index (χ1) is 20.5. The molecule has 0 saturated heterocycles. The molecule has 0 atom stereocenters. The van der Waals surface area contributed by atoms with E-state index in [0.29, 0.717) is 41.6 Å². The Kier molecular flexibility index (Phi) is 9.14. The quantitative estimate of drug-likeness (QED) is 0.282. The number of hydrazone groups is 1. The summed E-state index contributed by atoms with van der Waals surface area (Å²) in [7, 11) is 0. The number of allylic oxidation sites excluding steroid dienone is 2. The summed E-state index contributed by atoms with van der Waals surface area (Å²) in [5.74, 6) is -0.0195. The fourth-order valence-corrected chi connectivity index (χ4v) is 7.17. The van der Waals surface area contributed by atoms with Gasteiger partial charge in [-0.05, 0) is 90.3 Å². The van der Waals surface area contributed by atoms with Gasteiger partial charge in [0.2, 0.25) is 11.7 Å². The average molecular weight is 589 g/mol. The minimum absolute atomic E-state index is 0.0490. The lowest BCUT2D eigenvalue weighted by molar-refractivity contribution is -0.130. The van der Waals surface area contributed by atoms with Gasteiger partial charge in [-0.15, -0.1) is 0 Å². The summed E-state index contributed by atoms with van der Waals surface area (Å²) in [4.78, 5) is 42.9. The van der Waals surface area contributed by atoms with Gasteiger partial charge in [-0.3, -0.25) is 14.4 Å². The zero-order chi connectivity index (χ0) is 30.9. The van der Waals surface area contributed by atoms with Crippen molar-refractivity contribution in [2.75, 3.05) is 23.3 Å². The fourth-order valence-electron chi connectivity index (χ4n) is 7.17. The number of nitrogens with zero attached hydrogens (tertiary/aromatic N) is 3. The Balaban J connectivity index is 1.51. The van der Waals surface area contributed by atoms with E-state index in [-0.39, 0.29) is 40.1 Å². The molecular formula is C35H48N4O4. The van der Waals surface area contributed by atoms with Gasteiger partial charge in [0.05, 0.1) is 33.7 Å². The van der Waals surface area contributed by atoms with Crippen molar-refractivity contribution in [3.05, 3.63) is 40.7 Å². The predicted molar refractivity (Wildman–Crippen MR) is 172 cm³/mol. The highest BCUT2D eigenvalue weighted by atomic mass is 16.3. The molecule has 0 unspecified atom stereocenters. The van der Waals surface area contributed by atoms with Gasteiger partial charge >= 0.3 is 0 Å². The van der Waals surface area contributed by atoms with Crippen molar-refractivity contribution in [3.8, 4) is 0 Å². The van der Waals surface area contributed by atoms with Gasteiger partial charge in [-0.2, -0.15) is 5.10 Å². The molecule has 1 heterocycles. The highest BCUT2D eigenvalue weighted by Gasteiger charge is 2.46. The van der Waals surface area contributed by atoms with Crippen LogP contribution in [0.2, 0.25) is 0 Å². The number of benzene rings is 1. The highest BCUT2D eigenvalue weighted by molar-refractivity contribution is 6.44. The van der Waals surface area contributed by atoms with Crippen LogP contribution in [0.5, 0.6) is 0 Å². The second-order valence-electron chi connectivity index (χ2n) is 13.6. The summed E-state index contributed by atoms with van der Waals surface area (Å²) < 4.78 is 0. The van der Waals surface area contributed by atoms with E-state index in [2.05, 4.69) is 24.1 Å². The molecule has 2 fully saturated rings. The molecule has 5 rings (SSSR count). The van der Waals surface area contributed by atoms with Crippen LogP contribution < -0.4 is 10.2 Å². The molecule has 1 aliphatic heterocycles. The van der Waals surface area contributed by atoms with E-state index in [9.17, 15) is 19.5 Å². The van der Waals surface area contributed by atoms with Crippen LogP contribution in [-0.4, -0.2) is 52.1 Å². The van der Waals surface area contributed by atoms with Crippen molar-refractivity contribution in [1.29, 1.82) is 0 Å². The zero-order valence-electron chi connectivity index (χ0n) is 26.6. The molecule has 8 nitrogen and oxygen atoms in total. The number of hydrogen-bond donors (Lipinski definition) is 2. The number of carbonyl (C=O) groups excluding carboxylic acids is 3. The van der Waals surface area contributed by atoms with Gasteiger partial charge in [-0.1, -0.05) is 38.5 Å². The van der Waals surface area contributed by atoms with Crippen LogP contribution in [0, 0.1) is 11.8 Å². The first-order valence-electron chi connectivity index (χ1n) is 16.4. The standard InChI is InChI=1S/C35H48N4O4/c1-6-38(7-2)24-17-18-25(27(21-24)36-28(40)20-23-14-10-11-15-23)29-32(41)31(33(29)42)30-26(19-16-22-12-8-9-13-22)37-39(34(30)43)35(3,4)5/h17-18,21-23,41H,6-16,19-20H2,1-5H3,(H,36,40)/b31-30-. The van der Waals surface area contributed by atoms with Gasteiger partial charge < -0.3 is 15.3 Å². The Hall–Kier alpha value is -3.42. The Morgan fingerprint density at radius 3 is 2.19 bits per heavy atom. The monoisotopic (exact) mass is 588 g/mol. The lowest BCUT2D eigenvalue weighted by Crippen LogP contribution is -2.40. The number of aliphatic hydroxyl groups is 1. The lowest BCUT2D eigenvalue weighted by atomic mass is 9.78. The molecule has 0 aromatic heterocycles. The first-order valence-corrected chi connectivity index (χ1v) is 16.4. The Bertz CT molecular complexity index is 1370. The number of aliphatic hydroxyl groups excluding tert-OH is 1. The number of carbonyl (C=O) groups is 3. The Morgan fingerprint density at radius 1 is 0.977 bits per heavy atom. The smallest absolute Gasteiger partial charge is 0.277 e. The number of amides is 2. The number of anilines is 2. The molecule has 3 aliphatic carbocycles. The van der Waals surface area contributed by atoms with Crippen molar-refractivity contribution in [1.82, 2.24) is 5.01 Å². The molecule has 1 aromatic carbocycles. The summed E-state index contributed by atoms with van der Waals surface area (Å²) >= 11 is 0. The molecule has 2 N–H and O–H groups in total. The van der Waals surface area contributed by atoms with E-state index in [0.717, 1.165) is 50.9 Å². The summed E-state index contributed by atoms with van der Waals surface area (Å²) in [6.07, 6.45) is 11.2. The van der Waals surface area contributed by atoms with Crippen LogP contribution >= 0.6 is 0 Å². The summed E-state index contributed by atoms with van der Waals surface area (Å²) in [6, 6.07) is 5.62. The first kappa shape index (κ1) is 31.0. The molecule has 2 saturated carbocycles. The molecule has 0 spiro atoms. The highest BCUT2D eigenvalue weighted by Crippen LogP contribution is 2.44. The van der Waals surface area contributed by atoms with E-state index in [1.807, 2.05) is 32.9 Å². The van der Waals surface area contributed by atoms with Crippen molar-refractivity contribution in [2.24, 2.45) is 16.9 Å². The lowest BCUT2D eigenvalue weighted by Gasteiger charge is -2.29. The normalized spacial score (nSPS) is 21.6. The third-order valence-electron chi connectivity index (χ3n) is 9.62. The third kappa shape index (κ3) is 6.29.